The first-order valence-corrected chi connectivity index (χ1v) is 9.89. The molecule has 8 heteroatoms. The van der Waals surface area contributed by atoms with Gasteiger partial charge in [0, 0.05) is 35.7 Å². The Morgan fingerprint density at radius 1 is 0.571 bits per heavy atom. The molecule has 2 saturated heterocycles. The first kappa shape index (κ1) is 19.8. The van der Waals surface area contributed by atoms with Crippen LogP contribution in [-0.2, 0) is 18.6 Å². The van der Waals surface area contributed by atoms with E-state index in [4.69, 9.17) is 18.6 Å². The predicted octanol–water partition coefficient (Wildman–Crippen LogP) is 2.20. The van der Waals surface area contributed by atoms with E-state index >= 15 is 0 Å². The molecule has 4 rings (SSSR count). The molecule has 0 radical (unpaired) electrons. The van der Waals surface area contributed by atoms with Crippen LogP contribution in [0.25, 0.3) is 0 Å². The fourth-order valence-electron chi connectivity index (χ4n) is 3.33. The molecular formula is C20H30B2N2O4. The first-order chi connectivity index (χ1) is 12.8. The Morgan fingerprint density at radius 2 is 0.857 bits per heavy atom. The van der Waals surface area contributed by atoms with Crippen molar-refractivity contribution in [2.24, 2.45) is 0 Å². The lowest BCUT2D eigenvalue weighted by atomic mass is 9.81. The molecule has 0 atom stereocenters. The van der Waals surface area contributed by atoms with Crippen LogP contribution >= 0.6 is 0 Å². The van der Waals surface area contributed by atoms with Crippen molar-refractivity contribution in [3.8, 4) is 0 Å². The highest BCUT2D eigenvalue weighted by Crippen LogP contribution is 2.37. The molecule has 0 unspecified atom stereocenters. The van der Waals surface area contributed by atoms with Gasteiger partial charge in [-0.2, -0.15) is 0 Å². The molecule has 2 aliphatic heterocycles. The van der Waals surface area contributed by atoms with E-state index < -0.39 is 0 Å². The second-order valence-electron chi connectivity index (χ2n) is 9.83. The van der Waals surface area contributed by atoms with Gasteiger partial charge in [-0.25, -0.2) is 0 Å². The van der Waals surface area contributed by atoms with Crippen molar-refractivity contribution >= 4 is 25.2 Å². The third-order valence-electron chi connectivity index (χ3n) is 6.72. The van der Waals surface area contributed by atoms with Crippen molar-refractivity contribution in [3.05, 3.63) is 36.9 Å². The summed E-state index contributed by atoms with van der Waals surface area (Å²) in [6.45, 7) is 16.5. The van der Waals surface area contributed by atoms with Gasteiger partial charge < -0.3 is 18.6 Å². The summed E-state index contributed by atoms with van der Waals surface area (Å²) in [5.74, 6) is 0. The lowest BCUT2D eigenvalue weighted by Gasteiger charge is -2.32. The molecule has 28 heavy (non-hydrogen) atoms. The summed E-state index contributed by atoms with van der Waals surface area (Å²) in [4.78, 5) is 0. The Hall–Kier alpha value is -1.47. The molecule has 2 aromatic heterocycles. The average molecular weight is 384 g/mol. The third-order valence-corrected chi connectivity index (χ3v) is 6.72. The summed E-state index contributed by atoms with van der Waals surface area (Å²) >= 11 is 0. The van der Waals surface area contributed by atoms with E-state index in [1.807, 2.05) is 46.3 Å². The Morgan fingerprint density at radius 3 is 1.14 bits per heavy atom. The summed E-state index contributed by atoms with van der Waals surface area (Å²) in [5.41, 5.74) is 0.580. The zero-order valence-electron chi connectivity index (χ0n) is 18.1. The summed E-state index contributed by atoms with van der Waals surface area (Å²) in [6, 6.07) is 4.05. The maximum atomic E-state index is 6.15. The Balaban J connectivity index is 1.52. The lowest BCUT2D eigenvalue weighted by Crippen LogP contribution is -2.41. The molecule has 0 aromatic carbocycles. The number of rotatable bonds is 3. The molecule has 150 valence electrons. The van der Waals surface area contributed by atoms with Gasteiger partial charge in [0.2, 0.25) is 0 Å². The molecule has 0 bridgehead atoms. The highest BCUT2D eigenvalue weighted by Gasteiger charge is 2.53. The van der Waals surface area contributed by atoms with Crippen molar-refractivity contribution in [2.45, 2.75) is 77.8 Å². The molecule has 4 heterocycles. The Labute approximate surface area is 168 Å². The normalized spacial score (nSPS) is 24.9. The van der Waals surface area contributed by atoms with Gasteiger partial charge in [-0.3, -0.25) is 9.35 Å². The quantitative estimate of drug-likeness (QED) is 0.762. The fraction of sp³-hybridized carbons (Fsp3) is 0.600. The monoisotopic (exact) mass is 384 g/mol. The van der Waals surface area contributed by atoms with E-state index in [1.165, 1.54) is 0 Å². The minimum atomic E-state index is -0.371. The summed E-state index contributed by atoms with van der Waals surface area (Å²) in [7, 11) is -0.742. The molecule has 2 aliphatic rings. The third kappa shape index (κ3) is 3.07. The standard InChI is InChI=1S/C20H30B2N2O4/c1-17(2)18(3,4)26-21(25-17)15-9-11-23(13-15)24-12-10-16(14-24)22-27-19(5,6)20(7,8)28-22/h9-14H,1-8H3. The van der Waals surface area contributed by atoms with E-state index in [2.05, 4.69) is 55.4 Å². The van der Waals surface area contributed by atoms with Gasteiger partial charge >= 0.3 is 14.2 Å². The van der Waals surface area contributed by atoms with Crippen molar-refractivity contribution in [3.63, 3.8) is 0 Å². The molecule has 0 aliphatic carbocycles. The van der Waals surface area contributed by atoms with Gasteiger partial charge in [0.25, 0.3) is 0 Å². The molecule has 0 saturated carbocycles. The Bertz CT molecular complexity index is 780. The maximum absolute atomic E-state index is 6.15. The molecule has 2 fully saturated rings. The van der Waals surface area contributed by atoms with Crippen LogP contribution < -0.4 is 10.9 Å². The summed E-state index contributed by atoms with van der Waals surface area (Å²) < 4.78 is 28.6. The van der Waals surface area contributed by atoms with Gasteiger partial charge in [0.15, 0.2) is 0 Å². The molecule has 0 amide bonds. The highest BCUT2D eigenvalue weighted by atomic mass is 16.7. The minimum Gasteiger partial charge on any atom is -0.399 e. The van der Waals surface area contributed by atoms with Crippen LogP contribution in [-0.4, -0.2) is 46.0 Å². The van der Waals surface area contributed by atoms with Crippen LogP contribution in [0.5, 0.6) is 0 Å². The van der Waals surface area contributed by atoms with Crippen molar-refractivity contribution in [1.82, 2.24) is 9.35 Å². The lowest BCUT2D eigenvalue weighted by molar-refractivity contribution is 0.00578. The van der Waals surface area contributed by atoms with Crippen LogP contribution in [0.15, 0.2) is 36.9 Å². The topological polar surface area (TPSA) is 46.8 Å². The van der Waals surface area contributed by atoms with E-state index in [0.717, 1.165) is 10.9 Å². The smallest absolute Gasteiger partial charge is 0.399 e. The van der Waals surface area contributed by atoms with Crippen LogP contribution in [0.4, 0.5) is 0 Å². The first-order valence-electron chi connectivity index (χ1n) is 9.89. The summed E-state index contributed by atoms with van der Waals surface area (Å²) in [6.07, 6.45) is 8.04. The van der Waals surface area contributed by atoms with Gasteiger partial charge in [-0.15, -0.1) is 0 Å². The zero-order valence-corrected chi connectivity index (χ0v) is 18.1. The van der Waals surface area contributed by atoms with Crippen LogP contribution in [0.1, 0.15) is 55.4 Å². The van der Waals surface area contributed by atoms with Gasteiger partial charge in [0.1, 0.15) is 0 Å². The van der Waals surface area contributed by atoms with Crippen LogP contribution in [0, 0.1) is 0 Å². The molecule has 2 aromatic rings. The van der Waals surface area contributed by atoms with Gasteiger partial charge in [-0.1, -0.05) is 0 Å². The molecular weight excluding hydrogens is 354 g/mol. The van der Waals surface area contributed by atoms with Crippen LogP contribution in [0.2, 0.25) is 0 Å². The Kier molecular flexibility index (Phi) is 4.26. The predicted molar refractivity (Wildman–Crippen MR) is 111 cm³/mol. The van der Waals surface area contributed by atoms with Crippen molar-refractivity contribution < 1.29 is 18.6 Å². The average Bonchev–Trinajstić information content (AvgIpc) is 3.27. The number of hydrogen-bond acceptors (Lipinski definition) is 4. The molecule has 0 spiro atoms. The summed E-state index contributed by atoms with van der Waals surface area (Å²) in [5, 5.41) is 0. The van der Waals surface area contributed by atoms with E-state index in [-0.39, 0.29) is 36.6 Å². The van der Waals surface area contributed by atoms with Crippen LogP contribution in [0.3, 0.4) is 0 Å². The number of aromatic nitrogens is 2. The van der Waals surface area contributed by atoms with E-state index in [1.54, 1.807) is 0 Å². The van der Waals surface area contributed by atoms with Crippen molar-refractivity contribution in [2.75, 3.05) is 0 Å². The number of hydrogen-bond donors (Lipinski definition) is 0. The molecule has 0 N–H and O–H groups in total. The SMILES string of the molecule is CC1(C)OB(c2ccn(-n3ccc(B4OC(C)(C)C(C)(C)O4)c3)c2)OC1(C)C. The fourth-order valence-corrected chi connectivity index (χ4v) is 3.33. The van der Waals surface area contributed by atoms with Crippen molar-refractivity contribution in [1.29, 1.82) is 0 Å². The van der Waals surface area contributed by atoms with E-state index in [0.29, 0.717) is 0 Å². The van der Waals surface area contributed by atoms with E-state index in [9.17, 15) is 0 Å². The largest absolute Gasteiger partial charge is 0.496 e. The minimum absolute atomic E-state index is 0.350. The zero-order chi connectivity index (χ0) is 20.5. The second kappa shape index (κ2) is 6.02. The highest BCUT2D eigenvalue weighted by molar-refractivity contribution is 6.62. The van der Waals surface area contributed by atoms with Gasteiger partial charge in [0.05, 0.1) is 22.4 Å². The second-order valence-corrected chi connectivity index (χ2v) is 9.83. The van der Waals surface area contributed by atoms with Gasteiger partial charge in [-0.05, 0) is 67.5 Å². The number of nitrogens with zero attached hydrogens (tertiary/aromatic N) is 2. The molecule has 6 nitrogen and oxygen atoms in total. The maximum Gasteiger partial charge on any atom is 0.496 e.